The molecule has 2 aromatic heterocycles. The van der Waals surface area contributed by atoms with Gasteiger partial charge in [0.05, 0.1) is 12.2 Å². The zero-order valence-corrected chi connectivity index (χ0v) is 19.6. The van der Waals surface area contributed by atoms with Crippen LogP contribution in [-0.4, -0.2) is 39.6 Å². The van der Waals surface area contributed by atoms with Crippen LogP contribution in [0, 0.1) is 19.8 Å². The Bertz CT molecular complexity index is 1110. The molecule has 0 atom stereocenters. The number of aromatic nitrogens is 3. The van der Waals surface area contributed by atoms with E-state index in [1.807, 2.05) is 20.8 Å². The van der Waals surface area contributed by atoms with Gasteiger partial charge in [0.2, 0.25) is 0 Å². The molecule has 0 saturated carbocycles. The van der Waals surface area contributed by atoms with E-state index >= 15 is 0 Å². The normalized spacial score (nSPS) is 11.1. The van der Waals surface area contributed by atoms with Crippen molar-refractivity contribution in [1.29, 1.82) is 0 Å². The number of anilines is 2. The first-order chi connectivity index (χ1) is 15.0. The molecule has 1 amide bonds. The number of rotatable bonds is 9. The quantitative estimate of drug-likeness (QED) is 0.504. The lowest BCUT2D eigenvalue weighted by Gasteiger charge is -2.24. The molecular formula is C22H33N5O5. The summed E-state index contributed by atoms with van der Waals surface area (Å²) in [7, 11) is 0. The molecule has 0 bridgehead atoms. The third-order valence-electron chi connectivity index (χ3n) is 5.14. The highest BCUT2D eigenvalue weighted by Crippen LogP contribution is 2.25. The molecular weight excluding hydrogens is 414 g/mol. The minimum absolute atomic E-state index is 0.0662. The lowest BCUT2D eigenvalue weighted by molar-refractivity contribution is 0.0525. The molecule has 2 heterocycles. The largest absolute Gasteiger partial charge is 0.462 e. The monoisotopic (exact) mass is 447 g/mol. The Morgan fingerprint density at radius 3 is 2.38 bits per heavy atom. The van der Waals surface area contributed by atoms with Crippen molar-refractivity contribution in [1.82, 2.24) is 14.5 Å². The molecule has 0 unspecified atom stereocenters. The van der Waals surface area contributed by atoms with Gasteiger partial charge in [0.1, 0.15) is 11.5 Å². The van der Waals surface area contributed by atoms with Gasteiger partial charge < -0.3 is 15.5 Å². The van der Waals surface area contributed by atoms with E-state index in [2.05, 4.69) is 9.97 Å². The van der Waals surface area contributed by atoms with Gasteiger partial charge in [0.25, 0.3) is 11.5 Å². The van der Waals surface area contributed by atoms with Gasteiger partial charge >= 0.3 is 11.7 Å². The maximum Gasteiger partial charge on any atom is 0.340 e. The zero-order valence-electron chi connectivity index (χ0n) is 19.6. The number of amides is 1. The van der Waals surface area contributed by atoms with E-state index in [-0.39, 0.29) is 48.4 Å². The summed E-state index contributed by atoms with van der Waals surface area (Å²) in [6.07, 6.45) is 1.38. The fraction of sp³-hybridized carbons (Fsp3) is 0.545. The molecule has 0 aliphatic carbocycles. The number of nitrogens with one attached hydrogen (secondary N) is 2. The lowest BCUT2D eigenvalue weighted by atomic mass is 10.1. The highest BCUT2D eigenvalue weighted by molar-refractivity contribution is 6.09. The standard InChI is InChI=1S/C22H33N5O5/c1-7-9-10-26(17-18(23)27(11-12(3)4)22(31)25-19(17)28)20(29)16-13(5)15(14(6)24-16)21(30)32-8-2/h12,24H,7-11,23H2,1-6H3,(H,25,28,31). The Balaban J connectivity index is 2.66. The summed E-state index contributed by atoms with van der Waals surface area (Å²) in [4.78, 5) is 57.5. The number of nitrogens with zero attached hydrogens (tertiary/aromatic N) is 2. The summed E-state index contributed by atoms with van der Waals surface area (Å²) in [6.45, 7) is 11.5. The van der Waals surface area contributed by atoms with Crippen LogP contribution in [0.3, 0.4) is 0 Å². The number of ether oxygens (including phenoxy) is 1. The van der Waals surface area contributed by atoms with Gasteiger partial charge in [-0.15, -0.1) is 0 Å². The maximum atomic E-state index is 13.6. The van der Waals surface area contributed by atoms with Crippen molar-refractivity contribution < 1.29 is 14.3 Å². The van der Waals surface area contributed by atoms with E-state index in [4.69, 9.17) is 10.5 Å². The van der Waals surface area contributed by atoms with E-state index in [1.165, 1.54) is 9.47 Å². The Hall–Kier alpha value is -3.30. The molecule has 0 fully saturated rings. The Morgan fingerprint density at radius 2 is 1.81 bits per heavy atom. The second kappa shape index (κ2) is 10.3. The number of hydrogen-bond acceptors (Lipinski definition) is 6. The Morgan fingerprint density at radius 1 is 1.16 bits per heavy atom. The molecule has 0 radical (unpaired) electrons. The van der Waals surface area contributed by atoms with Gasteiger partial charge in [-0.05, 0) is 38.7 Å². The van der Waals surface area contributed by atoms with Crippen LogP contribution in [0.4, 0.5) is 11.5 Å². The number of aryl methyl sites for hydroxylation is 1. The van der Waals surface area contributed by atoms with Gasteiger partial charge in [0, 0.05) is 18.8 Å². The average Bonchev–Trinajstić information content (AvgIpc) is 3.01. The number of carbonyl (C=O) groups excluding carboxylic acids is 2. The molecule has 0 aliphatic rings. The van der Waals surface area contributed by atoms with Crippen molar-refractivity contribution >= 4 is 23.4 Å². The van der Waals surface area contributed by atoms with Gasteiger partial charge in [-0.3, -0.25) is 24.0 Å². The van der Waals surface area contributed by atoms with Gasteiger partial charge in [-0.2, -0.15) is 0 Å². The summed E-state index contributed by atoms with van der Waals surface area (Å²) in [5.74, 6) is -1.01. The fourth-order valence-electron chi connectivity index (χ4n) is 3.62. The van der Waals surface area contributed by atoms with Crippen LogP contribution in [-0.2, 0) is 11.3 Å². The molecule has 0 saturated heterocycles. The van der Waals surface area contributed by atoms with E-state index in [1.54, 1.807) is 20.8 Å². The van der Waals surface area contributed by atoms with Crippen LogP contribution in [0.15, 0.2) is 9.59 Å². The number of aromatic amines is 2. The summed E-state index contributed by atoms with van der Waals surface area (Å²) in [6, 6.07) is 0. The maximum absolute atomic E-state index is 13.6. The minimum atomic E-state index is -0.733. The molecule has 10 heteroatoms. The number of nitrogen functional groups attached to an aromatic ring is 1. The van der Waals surface area contributed by atoms with Crippen LogP contribution in [0.5, 0.6) is 0 Å². The highest BCUT2D eigenvalue weighted by atomic mass is 16.5. The highest BCUT2D eigenvalue weighted by Gasteiger charge is 2.30. The summed E-state index contributed by atoms with van der Waals surface area (Å²) in [5.41, 5.74) is 6.20. The molecule has 10 nitrogen and oxygen atoms in total. The SMILES string of the molecule is CCCCN(C(=O)c1[nH]c(C)c(C(=O)OCC)c1C)c1c(N)n(CC(C)C)c(=O)[nH]c1=O. The third kappa shape index (κ3) is 4.95. The summed E-state index contributed by atoms with van der Waals surface area (Å²) >= 11 is 0. The van der Waals surface area contributed by atoms with E-state index in [9.17, 15) is 19.2 Å². The van der Waals surface area contributed by atoms with Crippen molar-refractivity contribution in [3.63, 3.8) is 0 Å². The first-order valence-corrected chi connectivity index (χ1v) is 10.9. The Kier molecular flexibility index (Phi) is 8.07. The number of hydrogen-bond donors (Lipinski definition) is 3. The number of nitrogens with two attached hydrogens (primary N) is 1. The van der Waals surface area contributed by atoms with Gasteiger partial charge in [-0.1, -0.05) is 27.2 Å². The van der Waals surface area contributed by atoms with Crippen LogP contribution >= 0.6 is 0 Å². The molecule has 2 aromatic rings. The predicted molar refractivity (Wildman–Crippen MR) is 123 cm³/mol. The number of esters is 1. The number of H-pyrrole nitrogens is 2. The summed E-state index contributed by atoms with van der Waals surface area (Å²) < 4.78 is 6.37. The van der Waals surface area contributed by atoms with Crippen molar-refractivity contribution in [2.75, 3.05) is 23.8 Å². The van der Waals surface area contributed by atoms with Crippen molar-refractivity contribution in [3.8, 4) is 0 Å². The molecule has 32 heavy (non-hydrogen) atoms. The third-order valence-corrected chi connectivity index (χ3v) is 5.14. The van der Waals surface area contributed by atoms with Crippen molar-refractivity contribution in [3.05, 3.63) is 43.4 Å². The first-order valence-electron chi connectivity index (χ1n) is 10.9. The van der Waals surface area contributed by atoms with E-state index in [0.29, 0.717) is 17.7 Å². The molecule has 4 N–H and O–H groups in total. The smallest absolute Gasteiger partial charge is 0.340 e. The molecule has 0 aliphatic heterocycles. The Labute approximate surface area is 186 Å². The van der Waals surface area contributed by atoms with Crippen LogP contribution in [0.25, 0.3) is 0 Å². The zero-order chi connectivity index (χ0) is 24.2. The lowest BCUT2D eigenvalue weighted by Crippen LogP contribution is -2.42. The number of unbranched alkanes of at least 4 members (excludes halogenated alkanes) is 1. The molecule has 2 rings (SSSR count). The predicted octanol–water partition coefficient (Wildman–Crippen LogP) is 2.34. The van der Waals surface area contributed by atoms with E-state index < -0.39 is 23.1 Å². The molecule has 0 spiro atoms. The van der Waals surface area contributed by atoms with Crippen molar-refractivity contribution in [2.24, 2.45) is 5.92 Å². The van der Waals surface area contributed by atoms with E-state index in [0.717, 1.165) is 6.42 Å². The topological polar surface area (TPSA) is 143 Å². The molecule has 0 aromatic carbocycles. The second-order valence-electron chi connectivity index (χ2n) is 8.15. The first kappa shape index (κ1) is 25.0. The number of carbonyl (C=O) groups is 2. The second-order valence-corrected chi connectivity index (χ2v) is 8.15. The van der Waals surface area contributed by atoms with Crippen molar-refractivity contribution in [2.45, 2.75) is 60.9 Å². The molecule has 176 valence electrons. The fourth-order valence-corrected chi connectivity index (χ4v) is 3.62. The van der Waals surface area contributed by atoms with Crippen LogP contribution in [0.2, 0.25) is 0 Å². The van der Waals surface area contributed by atoms with Crippen LogP contribution in [0.1, 0.15) is 72.6 Å². The summed E-state index contributed by atoms with van der Waals surface area (Å²) in [5, 5.41) is 0. The minimum Gasteiger partial charge on any atom is -0.462 e. The van der Waals surface area contributed by atoms with Gasteiger partial charge in [0.15, 0.2) is 5.69 Å². The van der Waals surface area contributed by atoms with Gasteiger partial charge in [-0.25, -0.2) is 9.59 Å². The average molecular weight is 448 g/mol. The van der Waals surface area contributed by atoms with Crippen LogP contribution < -0.4 is 21.9 Å².